The molecule has 0 unspecified atom stereocenters. The summed E-state index contributed by atoms with van der Waals surface area (Å²) in [6.45, 7) is 4.07. The SMILES string of the molecule is COC[C@H](C)NC(=O)c1ccn(S(=O)(=O)c2ccc(C)cc2)c1. The maximum Gasteiger partial charge on any atom is 0.267 e. The number of aryl methyl sites for hydroxylation is 1. The maximum absolute atomic E-state index is 12.5. The van der Waals surface area contributed by atoms with Crippen LogP contribution in [0.4, 0.5) is 0 Å². The first kappa shape index (κ1) is 17.2. The summed E-state index contributed by atoms with van der Waals surface area (Å²) >= 11 is 0. The quantitative estimate of drug-likeness (QED) is 0.872. The van der Waals surface area contributed by atoms with Gasteiger partial charge in [-0.3, -0.25) is 4.79 Å². The van der Waals surface area contributed by atoms with E-state index in [2.05, 4.69) is 5.32 Å². The molecular formula is C16H20N2O4S. The van der Waals surface area contributed by atoms with Crippen molar-refractivity contribution in [2.24, 2.45) is 0 Å². The summed E-state index contributed by atoms with van der Waals surface area (Å²) < 4.78 is 31.0. The van der Waals surface area contributed by atoms with Crippen LogP contribution < -0.4 is 5.32 Å². The lowest BCUT2D eigenvalue weighted by molar-refractivity contribution is 0.0905. The van der Waals surface area contributed by atoms with Gasteiger partial charge in [0.05, 0.1) is 17.1 Å². The average molecular weight is 336 g/mol. The van der Waals surface area contributed by atoms with Crippen LogP contribution in [0, 0.1) is 6.92 Å². The van der Waals surface area contributed by atoms with E-state index in [4.69, 9.17) is 4.74 Å². The van der Waals surface area contributed by atoms with E-state index in [1.54, 1.807) is 38.3 Å². The van der Waals surface area contributed by atoms with Crippen LogP contribution in [-0.4, -0.2) is 38.1 Å². The Labute approximate surface area is 136 Å². The first-order valence-electron chi connectivity index (χ1n) is 7.14. The number of carbonyl (C=O) groups is 1. The summed E-state index contributed by atoms with van der Waals surface area (Å²) in [5.41, 5.74) is 1.26. The highest BCUT2D eigenvalue weighted by atomic mass is 32.2. The van der Waals surface area contributed by atoms with E-state index in [1.807, 2.05) is 6.92 Å². The Bertz CT molecular complexity index is 779. The summed E-state index contributed by atoms with van der Waals surface area (Å²) in [6, 6.07) is 7.87. The van der Waals surface area contributed by atoms with Crippen LogP contribution >= 0.6 is 0 Å². The molecule has 0 saturated heterocycles. The Morgan fingerprint density at radius 1 is 1.26 bits per heavy atom. The molecule has 0 aliphatic carbocycles. The Morgan fingerprint density at radius 3 is 2.52 bits per heavy atom. The number of ether oxygens (including phenoxy) is 1. The second-order valence-electron chi connectivity index (χ2n) is 5.38. The van der Waals surface area contributed by atoms with Gasteiger partial charge in [-0.15, -0.1) is 0 Å². The molecule has 1 amide bonds. The van der Waals surface area contributed by atoms with Crippen LogP contribution in [0.2, 0.25) is 0 Å². The van der Waals surface area contributed by atoms with Crippen molar-refractivity contribution < 1.29 is 17.9 Å². The van der Waals surface area contributed by atoms with Crippen LogP contribution in [0.15, 0.2) is 47.6 Å². The first-order chi connectivity index (χ1) is 10.8. The average Bonchev–Trinajstić information content (AvgIpc) is 2.98. The second kappa shape index (κ2) is 6.97. The Hall–Kier alpha value is -2.12. The largest absolute Gasteiger partial charge is 0.383 e. The fourth-order valence-corrected chi connectivity index (χ4v) is 3.29. The summed E-state index contributed by atoms with van der Waals surface area (Å²) in [6.07, 6.45) is 2.68. The van der Waals surface area contributed by atoms with Gasteiger partial charge in [0.1, 0.15) is 0 Å². The molecular weight excluding hydrogens is 316 g/mol. The minimum Gasteiger partial charge on any atom is -0.383 e. The number of benzene rings is 1. The van der Waals surface area contributed by atoms with Crippen LogP contribution in [0.1, 0.15) is 22.8 Å². The molecule has 0 radical (unpaired) electrons. The fraction of sp³-hybridized carbons (Fsp3) is 0.312. The number of aromatic nitrogens is 1. The molecule has 0 saturated carbocycles. The predicted octanol–water partition coefficient (Wildman–Crippen LogP) is 1.80. The molecule has 0 aliphatic rings. The Morgan fingerprint density at radius 2 is 1.91 bits per heavy atom. The zero-order chi connectivity index (χ0) is 17.0. The van der Waals surface area contributed by atoms with Crippen LogP contribution in [0.3, 0.4) is 0 Å². The van der Waals surface area contributed by atoms with Crippen molar-refractivity contribution in [3.8, 4) is 0 Å². The lowest BCUT2D eigenvalue weighted by atomic mass is 10.2. The van der Waals surface area contributed by atoms with Gasteiger partial charge >= 0.3 is 0 Å². The van der Waals surface area contributed by atoms with Crippen molar-refractivity contribution >= 4 is 15.9 Å². The van der Waals surface area contributed by atoms with Gasteiger partial charge in [-0.1, -0.05) is 17.7 Å². The van der Waals surface area contributed by atoms with E-state index in [9.17, 15) is 13.2 Å². The Kier molecular flexibility index (Phi) is 5.23. The molecule has 7 heteroatoms. The van der Waals surface area contributed by atoms with E-state index >= 15 is 0 Å². The van der Waals surface area contributed by atoms with Gasteiger partial charge in [-0.25, -0.2) is 12.4 Å². The molecule has 23 heavy (non-hydrogen) atoms. The molecule has 124 valence electrons. The first-order valence-corrected chi connectivity index (χ1v) is 8.58. The number of nitrogens with one attached hydrogen (secondary N) is 1. The lowest BCUT2D eigenvalue weighted by Gasteiger charge is -2.11. The molecule has 1 heterocycles. The lowest BCUT2D eigenvalue weighted by Crippen LogP contribution is -2.35. The highest BCUT2D eigenvalue weighted by Gasteiger charge is 2.19. The van der Waals surface area contributed by atoms with Crippen molar-refractivity contribution in [2.45, 2.75) is 24.8 Å². The van der Waals surface area contributed by atoms with Gasteiger partial charge in [0, 0.05) is 25.5 Å². The summed E-state index contributed by atoms with van der Waals surface area (Å²) in [4.78, 5) is 12.3. The topological polar surface area (TPSA) is 77.4 Å². The minimum absolute atomic E-state index is 0.162. The number of carbonyl (C=O) groups excluding carboxylic acids is 1. The van der Waals surface area contributed by atoms with Crippen LogP contribution in [0.25, 0.3) is 0 Å². The number of rotatable bonds is 6. The standard InChI is InChI=1S/C16H20N2O4S/c1-12-4-6-15(7-5-12)23(20,21)18-9-8-14(10-18)16(19)17-13(2)11-22-3/h4-10,13H,11H2,1-3H3,(H,17,19)/t13-/m0/s1. The van der Waals surface area contributed by atoms with Gasteiger partial charge in [0.25, 0.3) is 15.9 Å². The number of hydrogen-bond acceptors (Lipinski definition) is 4. The van der Waals surface area contributed by atoms with E-state index in [0.717, 1.165) is 9.54 Å². The molecule has 0 aliphatic heterocycles. The van der Waals surface area contributed by atoms with Gasteiger partial charge in [0.2, 0.25) is 0 Å². The smallest absolute Gasteiger partial charge is 0.267 e. The third-order valence-electron chi connectivity index (χ3n) is 3.32. The Balaban J connectivity index is 2.21. The molecule has 1 aromatic carbocycles. The monoisotopic (exact) mass is 336 g/mol. The number of nitrogens with zero attached hydrogens (tertiary/aromatic N) is 1. The highest BCUT2D eigenvalue weighted by molar-refractivity contribution is 7.90. The number of methoxy groups -OCH3 is 1. The number of amides is 1. The molecule has 0 fully saturated rings. The van der Waals surface area contributed by atoms with Crippen molar-refractivity contribution in [3.05, 3.63) is 53.9 Å². The van der Waals surface area contributed by atoms with Gasteiger partial charge in [0.15, 0.2) is 0 Å². The van der Waals surface area contributed by atoms with E-state index in [-0.39, 0.29) is 22.4 Å². The molecule has 0 bridgehead atoms. The fourth-order valence-electron chi connectivity index (χ4n) is 2.09. The zero-order valence-electron chi connectivity index (χ0n) is 13.3. The van der Waals surface area contributed by atoms with Gasteiger partial charge < -0.3 is 10.1 Å². The maximum atomic E-state index is 12.5. The third kappa shape index (κ3) is 4.00. The van der Waals surface area contributed by atoms with E-state index < -0.39 is 10.0 Å². The molecule has 1 aromatic heterocycles. The van der Waals surface area contributed by atoms with Crippen molar-refractivity contribution in [2.75, 3.05) is 13.7 Å². The van der Waals surface area contributed by atoms with Crippen molar-refractivity contribution in [1.29, 1.82) is 0 Å². The third-order valence-corrected chi connectivity index (χ3v) is 4.97. The highest BCUT2D eigenvalue weighted by Crippen LogP contribution is 2.16. The second-order valence-corrected chi connectivity index (χ2v) is 7.22. The van der Waals surface area contributed by atoms with Gasteiger partial charge in [-0.2, -0.15) is 0 Å². The summed E-state index contributed by atoms with van der Waals surface area (Å²) in [5.74, 6) is -0.340. The molecule has 2 rings (SSSR count). The molecule has 0 spiro atoms. The van der Waals surface area contributed by atoms with Crippen LogP contribution in [0.5, 0.6) is 0 Å². The van der Waals surface area contributed by atoms with Gasteiger partial charge in [-0.05, 0) is 32.0 Å². The summed E-state index contributed by atoms with van der Waals surface area (Å²) in [7, 11) is -2.15. The van der Waals surface area contributed by atoms with Crippen LogP contribution in [-0.2, 0) is 14.8 Å². The number of hydrogen-bond donors (Lipinski definition) is 1. The zero-order valence-corrected chi connectivity index (χ0v) is 14.1. The van der Waals surface area contributed by atoms with Crippen molar-refractivity contribution in [1.82, 2.24) is 9.29 Å². The van der Waals surface area contributed by atoms with E-state index in [1.165, 1.54) is 18.5 Å². The molecule has 6 nitrogen and oxygen atoms in total. The molecule has 2 aromatic rings. The molecule has 1 N–H and O–H groups in total. The minimum atomic E-state index is -3.70. The predicted molar refractivity (Wildman–Crippen MR) is 87.0 cm³/mol. The summed E-state index contributed by atoms with van der Waals surface area (Å²) in [5, 5.41) is 2.74. The molecule has 1 atom stereocenters. The normalized spacial score (nSPS) is 12.8. The van der Waals surface area contributed by atoms with Crippen molar-refractivity contribution in [3.63, 3.8) is 0 Å². The van der Waals surface area contributed by atoms with E-state index in [0.29, 0.717) is 6.61 Å².